The normalized spacial score (nSPS) is 29.5. The Hall–Kier alpha value is -0.0400. The molecule has 78 valence electrons. The SMILES string of the molecule is CC1CCCC1NCCC(C)(C)C. The third-order valence-electron chi connectivity index (χ3n) is 3.14. The standard InChI is InChI=1S/C12H25N/c1-10-6-5-7-11(10)13-9-8-12(2,3)4/h10-11,13H,5-9H2,1-4H3. The fraction of sp³-hybridized carbons (Fsp3) is 1.00. The van der Waals surface area contributed by atoms with Crippen LogP contribution in [0.1, 0.15) is 53.4 Å². The van der Waals surface area contributed by atoms with Crippen LogP contribution in [0, 0.1) is 11.3 Å². The highest BCUT2D eigenvalue weighted by Gasteiger charge is 2.22. The molecule has 0 aromatic rings. The van der Waals surface area contributed by atoms with Crippen molar-refractivity contribution in [3.05, 3.63) is 0 Å². The number of hydrogen-bond acceptors (Lipinski definition) is 1. The lowest BCUT2D eigenvalue weighted by atomic mass is 9.92. The number of rotatable bonds is 3. The molecule has 2 unspecified atom stereocenters. The quantitative estimate of drug-likeness (QED) is 0.708. The van der Waals surface area contributed by atoms with E-state index in [1.165, 1.54) is 32.2 Å². The zero-order valence-corrected chi connectivity index (χ0v) is 9.69. The molecule has 1 N–H and O–H groups in total. The Morgan fingerprint density at radius 1 is 1.23 bits per heavy atom. The van der Waals surface area contributed by atoms with Crippen LogP contribution >= 0.6 is 0 Å². The molecular weight excluding hydrogens is 158 g/mol. The Labute approximate surface area is 83.3 Å². The van der Waals surface area contributed by atoms with Crippen LogP contribution in [0.5, 0.6) is 0 Å². The summed E-state index contributed by atoms with van der Waals surface area (Å²) in [7, 11) is 0. The van der Waals surface area contributed by atoms with Gasteiger partial charge >= 0.3 is 0 Å². The first kappa shape index (κ1) is 11.0. The predicted molar refractivity (Wildman–Crippen MR) is 58.9 cm³/mol. The Morgan fingerprint density at radius 2 is 1.92 bits per heavy atom. The molecule has 0 spiro atoms. The maximum atomic E-state index is 3.69. The van der Waals surface area contributed by atoms with Gasteiger partial charge in [-0.15, -0.1) is 0 Å². The van der Waals surface area contributed by atoms with E-state index in [1.54, 1.807) is 0 Å². The molecule has 0 aliphatic heterocycles. The van der Waals surface area contributed by atoms with Gasteiger partial charge in [0.25, 0.3) is 0 Å². The van der Waals surface area contributed by atoms with Crippen molar-refractivity contribution >= 4 is 0 Å². The van der Waals surface area contributed by atoms with E-state index in [0.29, 0.717) is 5.41 Å². The first-order valence-corrected chi connectivity index (χ1v) is 5.72. The Bertz CT molecular complexity index is 146. The summed E-state index contributed by atoms with van der Waals surface area (Å²) >= 11 is 0. The summed E-state index contributed by atoms with van der Waals surface area (Å²) in [6.45, 7) is 10.5. The molecule has 2 atom stereocenters. The van der Waals surface area contributed by atoms with Gasteiger partial charge in [-0.05, 0) is 37.1 Å². The van der Waals surface area contributed by atoms with Gasteiger partial charge in [-0.1, -0.05) is 34.1 Å². The van der Waals surface area contributed by atoms with Gasteiger partial charge in [-0.25, -0.2) is 0 Å². The van der Waals surface area contributed by atoms with Crippen molar-refractivity contribution < 1.29 is 0 Å². The predicted octanol–water partition coefficient (Wildman–Crippen LogP) is 3.20. The number of nitrogens with one attached hydrogen (secondary N) is 1. The van der Waals surface area contributed by atoms with Crippen molar-refractivity contribution in [1.82, 2.24) is 5.32 Å². The fourth-order valence-corrected chi connectivity index (χ4v) is 2.08. The largest absolute Gasteiger partial charge is 0.314 e. The minimum Gasteiger partial charge on any atom is -0.314 e. The zero-order valence-electron chi connectivity index (χ0n) is 9.69. The highest BCUT2D eigenvalue weighted by Crippen LogP contribution is 2.25. The average molecular weight is 183 g/mol. The van der Waals surface area contributed by atoms with E-state index in [1.807, 2.05) is 0 Å². The van der Waals surface area contributed by atoms with Gasteiger partial charge in [0.05, 0.1) is 0 Å². The first-order chi connectivity index (χ1) is 5.99. The molecule has 0 saturated heterocycles. The van der Waals surface area contributed by atoms with Crippen molar-refractivity contribution in [3.8, 4) is 0 Å². The van der Waals surface area contributed by atoms with Crippen LogP contribution in [0.15, 0.2) is 0 Å². The summed E-state index contributed by atoms with van der Waals surface area (Å²) in [5.41, 5.74) is 0.481. The van der Waals surface area contributed by atoms with Gasteiger partial charge in [0.1, 0.15) is 0 Å². The van der Waals surface area contributed by atoms with Crippen LogP contribution in [-0.2, 0) is 0 Å². The molecule has 0 aromatic carbocycles. The van der Waals surface area contributed by atoms with Gasteiger partial charge in [-0.3, -0.25) is 0 Å². The van der Waals surface area contributed by atoms with Gasteiger partial charge in [0, 0.05) is 6.04 Å². The molecule has 0 heterocycles. The molecule has 1 aliphatic carbocycles. The van der Waals surface area contributed by atoms with Crippen LogP contribution in [0.3, 0.4) is 0 Å². The lowest BCUT2D eigenvalue weighted by molar-refractivity contribution is 0.338. The van der Waals surface area contributed by atoms with Gasteiger partial charge in [-0.2, -0.15) is 0 Å². The highest BCUT2D eigenvalue weighted by atomic mass is 14.9. The third kappa shape index (κ3) is 4.12. The molecule has 0 radical (unpaired) electrons. The van der Waals surface area contributed by atoms with Crippen molar-refractivity contribution in [3.63, 3.8) is 0 Å². The summed E-state index contributed by atoms with van der Waals surface area (Å²) in [6.07, 6.45) is 5.53. The lowest BCUT2D eigenvalue weighted by Crippen LogP contribution is -2.33. The first-order valence-electron chi connectivity index (χ1n) is 5.72. The fourth-order valence-electron chi connectivity index (χ4n) is 2.08. The number of hydrogen-bond donors (Lipinski definition) is 1. The molecule has 1 heteroatoms. The van der Waals surface area contributed by atoms with Crippen LogP contribution in [0.25, 0.3) is 0 Å². The van der Waals surface area contributed by atoms with Crippen LogP contribution in [-0.4, -0.2) is 12.6 Å². The minimum atomic E-state index is 0.481. The van der Waals surface area contributed by atoms with Crippen molar-refractivity contribution in [2.45, 2.75) is 59.4 Å². The summed E-state index contributed by atoms with van der Waals surface area (Å²) in [5, 5.41) is 3.69. The lowest BCUT2D eigenvalue weighted by Gasteiger charge is -2.22. The van der Waals surface area contributed by atoms with Crippen LogP contribution in [0.4, 0.5) is 0 Å². The molecule has 1 rings (SSSR count). The van der Waals surface area contributed by atoms with E-state index in [-0.39, 0.29) is 0 Å². The Kier molecular flexibility index (Phi) is 3.78. The molecule has 1 saturated carbocycles. The molecule has 1 aliphatic rings. The summed E-state index contributed by atoms with van der Waals surface area (Å²) < 4.78 is 0. The van der Waals surface area contributed by atoms with E-state index in [0.717, 1.165) is 12.0 Å². The summed E-state index contributed by atoms with van der Waals surface area (Å²) in [6, 6.07) is 0.808. The Morgan fingerprint density at radius 3 is 2.38 bits per heavy atom. The molecule has 0 amide bonds. The average Bonchev–Trinajstić information content (AvgIpc) is 2.34. The van der Waals surface area contributed by atoms with Crippen molar-refractivity contribution in [1.29, 1.82) is 0 Å². The Balaban J connectivity index is 2.12. The zero-order chi connectivity index (χ0) is 9.90. The second kappa shape index (κ2) is 4.45. The highest BCUT2D eigenvalue weighted by molar-refractivity contribution is 4.80. The maximum absolute atomic E-state index is 3.69. The van der Waals surface area contributed by atoms with Crippen LogP contribution in [0.2, 0.25) is 0 Å². The van der Waals surface area contributed by atoms with Gasteiger partial charge in [0.2, 0.25) is 0 Å². The maximum Gasteiger partial charge on any atom is 0.00926 e. The van der Waals surface area contributed by atoms with Crippen molar-refractivity contribution in [2.24, 2.45) is 11.3 Å². The second-order valence-corrected chi connectivity index (χ2v) is 5.78. The molecule has 0 bridgehead atoms. The second-order valence-electron chi connectivity index (χ2n) is 5.78. The molecule has 0 aromatic heterocycles. The van der Waals surface area contributed by atoms with E-state index in [2.05, 4.69) is 33.0 Å². The van der Waals surface area contributed by atoms with E-state index < -0.39 is 0 Å². The van der Waals surface area contributed by atoms with E-state index in [9.17, 15) is 0 Å². The molecule has 1 nitrogen and oxygen atoms in total. The van der Waals surface area contributed by atoms with Gasteiger partial charge < -0.3 is 5.32 Å². The van der Waals surface area contributed by atoms with Gasteiger partial charge in [0.15, 0.2) is 0 Å². The monoisotopic (exact) mass is 183 g/mol. The third-order valence-corrected chi connectivity index (χ3v) is 3.14. The van der Waals surface area contributed by atoms with Crippen LogP contribution < -0.4 is 5.32 Å². The topological polar surface area (TPSA) is 12.0 Å². The van der Waals surface area contributed by atoms with E-state index >= 15 is 0 Å². The molecular formula is C12H25N. The summed E-state index contributed by atoms with van der Waals surface area (Å²) in [5.74, 6) is 0.903. The van der Waals surface area contributed by atoms with Crippen molar-refractivity contribution in [2.75, 3.05) is 6.54 Å². The minimum absolute atomic E-state index is 0.481. The summed E-state index contributed by atoms with van der Waals surface area (Å²) in [4.78, 5) is 0. The smallest absolute Gasteiger partial charge is 0.00926 e. The molecule has 13 heavy (non-hydrogen) atoms. The molecule has 1 fully saturated rings. The van der Waals surface area contributed by atoms with E-state index in [4.69, 9.17) is 0 Å².